The minimum absolute atomic E-state index is 0.168. The second-order valence-corrected chi connectivity index (χ2v) is 6.68. The van der Waals surface area contributed by atoms with Crippen LogP contribution in [0.4, 0.5) is 0 Å². The molecule has 0 unspecified atom stereocenters. The second-order valence-electron chi connectivity index (χ2n) is 6.68. The maximum Gasteiger partial charge on any atom is 0.106 e. The standard InChI is InChI=1S/C20H25NO/c1-14-8-7-9-18(19(14)15(2)21-22-6)16-10-12-17(13-11-16)20(3,4)5/h7-13H,1-6H3/b21-15+. The molecule has 2 aromatic rings. The molecular formula is C20H25NO. The van der Waals surface area contributed by atoms with Crippen LogP contribution in [0.25, 0.3) is 11.1 Å². The highest BCUT2D eigenvalue weighted by atomic mass is 16.6. The molecule has 0 atom stereocenters. The van der Waals surface area contributed by atoms with E-state index >= 15 is 0 Å². The van der Waals surface area contributed by atoms with Crippen molar-refractivity contribution in [3.8, 4) is 11.1 Å². The Bertz CT molecular complexity index is 676. The van der Waals surface area contributed by atoms with E-state index in [2.05, 4.69) is 75.3 Å². The molecule has 0 aliphatic heterocycles. The van der Waals surface area contributed by atoms with Crippen LogP contribution < -0.4 is 0 Å². The molecule has 0 amide bonds. The van der Waals surface area contributed by atoms with Crippen molar-refractivity contribution >= 4 is 5.71 Å². The number of hydrogen-bond acceptors (Lipinski definition) is 2. The summed E-state index contributed by atoms with van der Waals surface area (Å²) in [6.45, 7) is 10.8. The van der Waals surface area contributed by atoms with E-state index in [1.165, 1.54) is 22.3 Å². The summed E-state index contributed by atoms with van der Waals surface area (Å²) in [5, 5.41) is 4.12. The largest absolute Gasteiger partial charge is 0.399 e. The first-order valence-corrected chi connectivity index (χ1v) is 7.63. The molecule has 0 aliphatic rings. The third-order valence-electron chi connectivity index (χ3n) is 3.92. The third kappa shape index (κ3) is 3.38. The highest BCUT2D eigenvalue weighted by molar-refractivity contribution is 6.05. The van der Waals surface area contributed by atoms with Crippen molar-refractivity contribution in [2.24, 2.45) is 5.16 Å². The first-order valence-electron chi connectivity index (χ1n) is 7.63. The predicted molar refractivity (Wildman–Crippen MR) is 94.5 cm³/mol. The van der Waals surface area contributed by atoms with Crippen molar-refractivity contribution < 1.29 is 4.84 Å². The van der Waals surface area contributed by atoms with E-state index in [1.807, 2.05) is 6.92 Å². The molecule has 0 radical (unpaired) electrons. The quantitative estimate of drug-likeness (QED) is 0.554. The minimum Gasteiger partial charge on any atom is -0.399 e. The van der Waals surface area contributed by atoms with Gasteiger partial charge >= 0.3 is 0 Å². The number of aryl methyl sites for hydroxylation is 1. The van der Waals surface area contributed by atoms with E-state index in [0.29, 0.717) is 0 Å². The Kier molecular flexibility index (Phi) is 4.70. The van der Waals surface area contributed by atoms with Gasteiger partial charge in [-0.25, -0.2) is 0 Å². The zero-order valence-corrected chi connectivity index (χ0v) is 14.4. The molecule has 0 N–H and O–H groups in total. The normalized spacial score (nSPS) is 12.4. The summed E-state index contributed by atoms with van der Waals surface area (Å²) in [5.41, 5.74) is 7.16. The molecule has 0 fully saturated rings. The maximum absolute atomic E-state index is 4.96. The van der Waals surface area contributed by atoms with Gasteiger partial charge in [0.15, 0.2) is 0 Å². The number of oxime groups is 1. The topological polar surface area (TPSA) is 21.6 Å². The van der Waals surface area contributed by atoms with Gasteiger partial charge in [-0.1, -0.05) is 68.4 Å². The van der Waals surface area contributed by atoms with Crippen LogP contribution in [-0.4, -0.2) is 12.8 Å². The Morgan fingerprint density at radius 1 is 1.00 bits per heavy atom. The number of benzene rings is 2. The van der Waals surface area contributed by atoms with Crippen molar-refractivity contribution in [1.82, 2.24) is 0 Å². The third-order valence-corrected chi connectivity index (χ3v) is 3.92. The molecule has 0 aromatic heterocycles. The van der Waals surface area contributed by atoms with Gasteiger partial charge in [0.2, 0.25) is 0 Å². The van der Waals surface area contributed by atoms with E-state index in [1.54, 1.807) is 7.11 Å². The van der Waals surface area contributed by atoms with Crippen molar-refractivity contribution in [3.63, 3.8) is 0 Å². The van der Waals surface area contributed by atoms with Gasteiger partial charge in [0, 0.05) is 5.56 Å². The van der Waals surface area contributed by atoms with Crippen LogP contribution in [0.2, 0.25) is 0 Å². The summed E-state index contributed by atoms with van der Waals surface area (Å²) < 4.78 is 0. The molecule has 0 aliphatic carbocycles. The van der Waals surface area contributed by atoms with Gasteiger partial charge in [-0.15, -0.1) is 0 Å². The van der Waals surface area contributed by atoms with Gasteiger partial charge in [0.05, 0.1) is 5.71 Å². The molecule has 2 heteroatoms. The second kappa shape index (κ2) is 6.35. The van der Waals surface area contributed by atoms with Crippen LogP contribution in [0, 0.1) is 6.92 Å². The van der Waals surface area contributed by atoms with E-state index in [-0.39, 0.29) is 5.41 Å². The van der Waals surface area contributed by atoms with Crippen LogP contribution in [0.3, 0.4) is 0 Å². The molecule has 0 saturated heterocycles. The summed E-state index contributed by atoms with van der Waals surface area (Å²) in [4.78, 5) is 4.96. The Morgan fingerprint density at radius 3 is 2.18 bits per heavy atom. The smallest absolute Gasteiger partial charge is 0.106 e. The summed E-state index contributed by atoms with van der Waals surface area (Å²) >= 11 is 0. The van der Waals surface area contributed by atoms with Gasteiger partial charge in [-0.05, 0) is 41.5 Å². The Balaban J connectivity index is 2.54. The van der Waals surface area contributed by atoms with Crippen LogP contribution in [0.15, 0.2) is 47.6 Å². The van der Waals surface area contributed by atoms with Crippen molar-refractivity contribution in [1.29, 1.82) is 0 Å². The molecular weight excluding hydrogens is 270 g/mol. The first-order chi connectivity index (χ1) is 10.3. The van der Waals surface area contributed by atoms with Crippen molar-refractivity contribution in [2.45, 2.75) is 40.0 Å². The lowest BCUT2D eigenvalue weighted by Crippen LogP contribution is -2.10. The summed E-state index contributed by atoms with van der Waals surface area (Å²) in [7, 11) is 1.58. The van der Waals surface area contributed by atoms with E-state index < -0.39 is 0 Å². The van der Waals surface area contributed by atoms with Crippen LogP contribution >= 0.6 is 0 Å². The van der Waals surface area contributed by atoms with Gasteiger partial charge in [0.25, 0.3) is 0 Å². The average molecular weight is 295 g/mol. The zero-order valence-electron chi connectivity index (χ0n) is 14.4. The highest BCUT2D eigenvalue weighted by Crippen LogP contribution is 2.30. The molecule has 0 spiro atoms. The van der Waals surface area contributed by atoms with Crippen LogP contribution in [0.1, 0.15) is 44.4 Å². The van der Waals surface area contributed by atoms with Crippen molar-refractivity contribution in [2.75, 3.05) is 7.11 Å². The van der Waals surface area contributed by atoms with Gasteiger partial charge in [-0.3, -0.25) is 0 Å². The first kappa shape index (κ1) is 16.3. The Labute approximate surface area is 133 Å². The molecule has 0 heterocycles. The van der Waals surface area contributed by atoms with Crippen LogP contribution in [0.5, 0.6) is 0 Å². The summed E-state index contributed by atoms with van der Waals surface area (Å²) in [6.07, 6.45) is 0. The Hall–Kier alpha value is -2.09. The highest BCUT2D eigenvalue weighted by Gasteiger charge is 2.15. The van der Waals surface area contributed by atoms with E-state index in [9.17, 15) is 0 Å². The number of hydrogen-bond donors (Lipinski definition) is 0. The van der Waals surface area contributed by atoms with Gasteiger partial charge in [0.1, 0.15) is 7.11 Å². The summed E-state index contributed by atoms with van der Waals surface area (Å²) in [5.74, 6) is 0. The van der Waals surface area contributed by atoms with E-state index in [0.717, 1.165) is 11.3 Å². The average Bonchev–Trinajstić information content (AvgIpc) is 2.46. The number of nitrogens with zero attached hydrogens (tertiary/aromatic N) is 1. The number of rotatable bonds is 3. The molecule has 2 rings (SSSR count). The molecule has 116 valence electrons. The minimum atomic E-state index is 0.168. The zero-order chi connectivity index (χ0) is 16.3. The molecule has 2 aromatic carbocycles. The van der Waals surface area contributed by atoms with Gasteiger partial charge < -0.3 is 4.84 Å². The lowest BCUT2D eigenvalue weighted by atomic mass is 9.85. The lowest BCUT2D eigenvalue weighted by molar-refractivity contribution is 0.213. The SMILES string of the molecule is CO/N=C(\C)c1c(C)cccc1-c1ccc(C(C)(C)C)cc1. The molecule has 2 nitrogen and oxygen atoms in total. The molecule has 0 bridgehead atoms. The Morgan fingerprint density at radius 2 is 1.64 bits per heavy atom. The molecule has 22 heavy (non-hydrogen) atoms. The van der Waals surface area contributed by atoms with Gasteiger partial charge in [-0.2, -0.15) is 0 Å². The maximum atomic E-state index is 4.96. The fraction of sp³-hybridized carbons (Fsp3) is 0.350. The fourth-order valence-electron chi connectivity index (χ4n) is 2.72. The molecule has 0 saturated carbocycles. The lowest BCUT2D eigenvalue weighted by Gasteiger charge is -2.20. The summed E-state index contributed by atoms with van der Waals surface area (Å²) in [6, 6.07) is 15.2. The van der Waals surface area contributed by atoms with Crippen molar-refractivity contribution in [3.05, 3.63) is 59.2 Å². The van der Waals surface area contributed by atoms with E-state index in [4.69, 9.17) is 4.84 Å². The van der Waals surface area contributed by atoms with Crippen LogP contribution in [-0.2, 0) is 10.3 Å². The fourth-order valence-corrected chi connectivity index (χ4v) is 2.72. The predicted octanol–water partition coefficient (Wildman–Crippen LogP) is 5.33. The monoisotopic (exact) mass is 295 g/mol.